The van der Waals surface area contributed by atoms with Crippen molar-refractivity contribution in [1.29, 1.82) is 0 Å². The van der Waals surface area contributed by atoms with E-state index in [1.54, 1.807) is 18.4 Å². The summed E-state index contributed by atoms with van der Waals surface area (Å²) in [6.07, 6.45) is 2.98. The Morgan fingerprint density at radius 1 is 1.19 bits per heavy atom. The fourth-order valence-electron chi connectivity index (χ4n) is 3.22. The summed E-state index contributed by atoms with van der Waals surface area (Å²) in [5.41, 5.74) is 1.40. The molecule has 2 unspecified atom stereocenters. The molecule has 5 heteroatoms. The molecule has 0 aliphatic heterocycles. The van der Waals surface area contributed by atoms with E-state index in [1.807, 2.05) is 5.38 Å². The normalized spacial score (nSPS) is 19.3. The summed E-state index contributed by atoms with van der Waals surface area (Å²) >= 11 is 1.71. The fraction of sp³-hybridized carbons (Fsp3) is 0.375. The molecule has 1 aromatic carbocycles. The molecular formula is C16H16F3NS. The molecular weight excluding hydrogens is 295 g/mol. The molecule has 0 fully saturated rings. The largest absolute Gasteiger partial charge is 0.312 e. The van der Waals surface area contributed by atoms with Crippen molar-refractivity contribution in [1.82, 2.24) is 5.32 Å². The van der Waals surface area contributed by atoms with E-state index in [4.69, 9.17) is 0 Å². The Morgan fingerprint density at radius 2 is 2.00 bits per heavy atom. The van der Waals surface area contributed by atoms with Gasteiger partial charge in [0.25, 0.3) is 0 Å². The molecule has 0 amide bonds. The predicted molar refractivity (Wildman–Crippen MR) is 78.1 cm³/mol. The van der Waals surface area contributed by atoms with Crippen LogP contribution in [0.3, 0.4) is 0 Å². The van der Waals surface area contributed by atoms with E-state index in [-0.39, 0.29) is 17.5 Å². The molecule has 1 aliphatic carbocycles. The molecule has 2 aromatic rings. The van der Waals surface area contributed by atoms with Crippen LogP contribution in [0.4, 0.5) is 13.2 Å². The smallest absolute Gasteiger partial charge is 0.194 e. The lowest BCUT2D eigenvalue weighted by Crippen LogP contribution is -2.27. The Hall–Kier alpha value is -1.33. The molecule has 0 saturated heterocycles. The quantitative estimate of drug-likeness (QED) is 0.820. The minimum Gasteiger partial charge on any atom is -0.312 e. The second kappa shape index (κ2) is 5.81. The van der Waals surface area contributed by atoms with Gasteiger partial charge in [0.15, 0.2) is 17.5 Å². The second-order valence-corrected chi connectivity index (χ2v) is 6.33. The van der Waals surface area contributed by atoms with Crippen molar-refractivity contribution in [3.05, 3.63) is 57.0 Å². The summed E-state index contributed by atoms with van der Waals surface area (Å²) in [6.45, 7) is 0. The average Bonchev–Trinajstić information content (AvgIpc) is 2.97. The predicted octanol–water partition coefficient (Wildman–Crippen LogP) is 4.55. The van der Waals surface area contributed by atoms with Crippen LogP contribution in [0.1, 0.15) is 40.8 Å². The van der Waals surface area contributed by atoms with Crippen LogP contribution in [0.15, 0.2) is 23.6 Å². The molecule has 21 heavy (non-hydrogen) atoms. The number of benzene rings is 1. The van der Waals surface area contributed by atoms with Crippen molar-refractivity contribution < 1.29 is 13.2 Å². The number of likely N-dealkylation sites (N-methyl/N-ethyl adjacent to an activating group) is 1. The highest BCUT2D eigenvalue weighted by atomic mass is 32.1. The SMILES string of the molecule is CNC(c1ccc(F)c(F)c1F)C1CCCc2sccc21. The Bertz CT molecular complexity index is 653. The Labute approximate surface area is 125 Å². The lowest BCUT2D eigenvalue weighted by Gasteiger charge is -2.31. The van der Waals surface area contributed by atoms with E-state index < -0.39 is 17.5 Å². The highest BCUT2D eigenvalue weighted by molar-refractivity contribution is 7.10. The first-order chi connectivity index (χ1) is 10.1. The number of fused-ring (bicyclic) bond motifs is 1. The average molecular weight is 311 g/mol. The third kappa shape index (κ3) is 2.49. The molecule has 1 aromatic heterocycles. The number of halogens is 3. The van der Waals surface area contributed by atoms with E-state index >= 15 is 0 Å². The van der Waals surface area contributed by atoms with Gasteiger partial charge in [0.05, 0.1) is 0 Å². The standard InChI is InChI=1S/C16H16F3NS/c1-20-16(11-5-6-12(17)15(19)14(11)18)10-3-2-4-13-9(10)7-8-21-13/h5-8,10,16,20H,2-4H2,1H3. The van der Waals surface area contributed by atoms with Crippen molar-refractivity contribution in [2.24, 2.45) is 0 Å². The summed E-state index contributed by atoms with van der Waals surface area (Å²) < 4.78 is 40.7. The molecule has 3 rings (SSSR count). The maximum atomic E-state index is 14.1. The number of nitrogens with one attached hydrogen (secondary N) is 1. The Balaban J connectivity index is 2.03. The van der Waals surface area contributed by atoms with Gasteiger partial charge < -0.3 is 5.32 Å². The summed E-state index contributed by atoms with van der Waals surface area (Å²) in [5, 5.41) is 5.12. The molecule has 0 saturated carbocycles. The first-order valence-corrected chi connectivity index (χ1v) is 7.88. The summed E-state index contributed by atoms with van der Waals surface area (Å²) in [4.78, 5) is 1.31. The third-order valence-corrected chi connectivity index (χ3v) is 5.21. The van der Waals surface area contributed by atoms with Crippen LogP contribution >= 0.6 is 11.3 Å². The lowest BCUT2D eigenvalue weighted by atomic mass is 9.80. The van der Waals surface area contributed by atoms with Crippen molar-refractivity contribution in [2.75, 3.05) is 7.05 Å². The van der Waals surface area contributed by atoms with Gasteiger partial charge in [0.1, 0.15) is 0 Å². The molecule has 0 bridgehead atoms. The summed E-state index contributed by atoms with van der Waals surface area (Å²) in [5.74, 6) is -3.54. The number of rotatable bonds is 3. The van der Waals surface area contributed by atoms with Gasteiger partial charge in [-0.1, -0.05) is 6.07 Å². The molecule has 112 valence electrons. The topological polar surface area (TPSA) is 12.0 Å². The first kappa shape index (κ1) is 14.6. The molecule has 1 nitrogen and oxygen atoms in total. The lowest BCUT2D eigenvalue weighted by molar-refractivity contribution is 0.391. The van der Waals surface area contributed by atoms with E-state index in [2.05, 4.69) is 11.4 Å². The molecule has 2 atom stereocenters. The zero-order valence-corrected chi connectivity index (χ0v) is 12.4. The number of aryl methyl sites for hydroxylation is 1. The Kier molecular flexibility index (Phi) is 4.04. The molecule has 1 N–H and O–H groups in total. The zero-order chi connectivity index (χ0) is 15.0. The monoisotopic (exact) mass is 311 g/mol. The maximum Gasteiger partial charge on any atom is 0.194 e. The van der Waals surface area contributed by atoms with Crippen molar-refractivity contribution in [3.63, 3.8) is 0 Å². The van der Waals surface area contributed by atoms with Crippen molar-refractivity contribution in [3.8, 4) is 0 Å². The minimum absolute atomic E-state index is 0.0874. The molecule has 1 heterocycles. The van der Waals surface area contributed by atoms with Crippen LogP contribution in [-0.2, 0) is 6.42 Å². The molecule has 1 aliphatic rings. The first-order valence-electron chi connectivity index (χ1n) is 7.00. The highest BCUT2D eigenvalue weighted by Crippen LogP contribution is 2.43. The van der Waals surface area contributed by atoms with Crippen LogP contribution in [0.25, 0.3) is 0 Å². The number of hydrogen-bond donors (Lipinski definition) is 1. The third-order valence-electron chi connectivity index (χ3n) is 4.21. The van der Waals surface area contributed by atoms with Crippen LogP contribution in [0.5, 0.6) is 0 Å². The Morgan fingerprint density at radius 3 is 2.76 bits per heavy atom. The molecule has 0 radical (unpaired) electrons. The van der Waals surface area contributed by atoms with E-state index in [0.29, 0.717) is 0 Å². The zero-order valence-electron chi connectivity index (χ0n) is 11.6. The van der Waals surface area contributed by atoms with Crippen molar-refractivity contribution in [2.45, 2.75) is 31.2 Å². The maximum absolute atomic E-state index is 14.1. The van der Waals surface area contributed by atoms with Gasteiger partial charge in [-0.2, -0.15) is 0 Å². The van der Waals surface area contributed by atoms with Gasteiger partial charge in [-0.25, -0.2) is 13.2 Å². The van der Waals surface area contributed by atoms with Gasteiger partial charge in [0.2, 0.25) is 0 Å². The van der Waals surface area contributed by atoms with Crippen LogP contribution in [-0.4, -0.2) is 7.05 Å². The van der Waals surface area contributed by atoms with E-state index in [9.17, 15) is 13.2 Å². The fourth-order valence-corrected chi connectivity index (χ4v) is 4.22. The van der Waals surface area contributed by atoms with E-state index in [0.717, 1.165) is 25.3 Å². The van der Waals surface area contributed by atoms with Gasteiger partial charge in [-0.3, -0.25) is 0 Å². The van der Waals surface area contributed by atoms with Crippen LogP contribution < -0.4 is 5.32 Å². The number of hydrogen-bond acceptors (Lipinski definition) is 2. The van der Waals surface area contributed by atoms with Gasteiger partial charge in [0, 0.05) is 22.4 Å². The van der Waals surface area contributed by atoms with Gasteiger partial charge in [-0.15, -0.1) is 11.3 Å². The number of thiophene rings is 1. The van der Waals surface area contributed by atoms with Crippen LogP contribution in [0.2, 0.25) is 0 Å². The summed E-state index contributed by atoms with van der Waals surface area (Å²) in [6, 6.07) is 4.05. The second-order valence-electron chi connectivity index (χ2n) is 5.33. The summed E-state index contributed by atoms with van der Waals surface area (Å²) in [7, 11) is 1.73. The van der Waals surface area contributed by atoms with Gasteiger partial charge in [-0.05, 0) is 49.4 Å². The minimum atomic E-state index is -1.39. The van der Waals surface area contributed by atoms with Crippen molar-refractivity contribution >= 4 is 11.3 Å². The van der Waals surface area contributed by atoms with E-state index in [1.165, 1.54) is 16.5 Å². The highest BCUT2D eigenvalue weighted by Gasteiger charge is 2.31. The van der Waals surface area contributed by atoms with Gasteiger partial charge >= 0.3 is 0 Å². The molecule has 0 spiro atoms. The van der Waals surface area contributed by atoms with Crippen LogP contribution in [0, 0.1) is 17.5 Å².